The van der Waals surface area contributed by atoms with Crippen LogP contribution in [-0.4, -0.2) is 14.1 Å². The molecule has 0 aliphatic rings. The second-order valence-corrected chi connectivity index (χ2v) is 9.22. The number of allylic oxidation sites excluding steroid dienone is 1. The van der Waals surface area contributed by atoms with Crippen molar-refractivity contribution in [1.29, 1.82) is 0 Å². The number of hydrazone groups is 1. The molecule has 0 aromatic heterocycles. The first-order valence-corrected chi connectivity index (χ1v) is 12.1. The molecule has 0 saturated heterocycles. The third-order valence-electron chi connectivity index (χ3n) is 5.14. The molecule has 0 saturated carbocycles. The highest BCUT2D eigenvalue weighted by Crippen LogP contribution is 2.24. The molecular formula is C28H24N2O2S. The van der Waals surface area contributed by atoms with Crippen molar-refractivity contribution in [3.05, 3.63) is 144 Å². The number of benzene rings is 4. The molecule has 0 bridgehead atoms. The van der Waals surface area contributed by atoms with Crippen LogP contribution in [-0.2, 0) is 10.0 Å². The van der Waals surface area contributed by atoms with Crippen molar-refractivity contribution < 1.29 is 8.42 Å². The van der Waals surface area contributed by atoms with Crippen molar-refractivity contribution >= 4 is 21.3 Å². The average molecular weight is 453 g/mol. The van der Waals surface area contributed by atoms with Crippen LogP contribution in [0.3, 0.4) is 0 Å². The number of sulfonamides is 1. The molecule has 5 heteroatoms. The van der Waals surface area contributed by atoms with Crippen LogP contribution in [0.2, 0.25) is 0 Å². The number of nitrogens with zero attached hydrogens (tertiary/aromatic N) is 1. The summed E-state index contributed by atoms with van der Waals surface area (Å²) < 4.78 is 25.7. The van der Waals surface area contributed by atoms with Crippen molar-refractivity contribution in [2.45, 2.75) is 11.8 Å². The first-order valence-electron chi connectivity index (χ1n) is 10.6. The first-order chi connectivity index (χ1) is 16.0. The fourth-order valence-electron chi connectivity index (χ4n) is 3.37. The number of hydrogen-bond donors (Lipinski definition) is 1. The highest BCUT2D eigenvalue weighted by Gasteiger charge is 2.14. The standard InChI is InChI=1S/C28H24N2O2S/c1-22-17-19-26(20-18-22)33(31,32)30-29-28(25-15-9-4-10-16-25)21-27(23-11-5-2-6-12-23)24-13-7-3-8-14-24/h2-21,30H,1H3/b29-28+. The van der Waals surface area contributed by atoms with Gasteiger partial charge in [-0.3, -0.25) is 0 Å². The molecule has 0 fully saturated rings. The summed E-state index contributed by atoms with van der Waals surface area (Å²) >= 11 is 0. The van der Waals surface area contributed by atoms with Gasteiger partial charge in [-0.2, -0.15) is 18.4 Å². The lowest BCUT2D eigenvalue weighted by Crippen LogP contribution is -2.20. The van der Waals surface area contributed by atoms with E-state index in [1.165, 1.54) is 0 Å². The summed E-state index contributed by atoms with van der Waals surface area (Å²) in [5, 5.41) is 4.36. The van der Waals surface area contributed by atoms with Gasteiger partial charge in [0.15, 0.2) is 0 Å². The van der Waals surface area contributed by atoms with E-state index < -0.39 is 10.0 Å². The van der Waals surface area contributed by atoms with Crippen LogP contribution >= 0.6 is 0 Å². The highest BCUT2D eigenvalue weighted by atomic mass is 32.2. The Kier molecular flexibility index (Phi) is 6.81. The lowest BCUT2D eigenvalue weighted by molar-refractivity contribution is 0.584. The van der Waals surface area contributed by atoms with Gasteiger partial charge in [-0.1, -0.05) is 109 Å². The van der Waals surface area contributed by atoms with Crippen LogP contribution < -0.4 is 4.83 Å². The van der Waals surface area contributed by atoms with E-state index in [1.54, 1.807) is 24.3 Å². The summed E-state index contributed by atoms with van der Waals surface area (Å²) in [7, 11) is -3.81. The molecule has 0 aliphatic carbocycles. The van der Waals surface area contributed by atoms with Crippen LogP contribution in [0, 0.1) is 6.92 Å². The molecule has 0 spiro atoms. The molecule has 0 atom stereocenters. The molecule has 164 valence electrons. The van der Waals surface area contributed by atoms with Gasteiger partial charge in [0.2, 0.25) is 0 Å². The van der Waals surface area contributed by atoms with Gasteiger partial charge in [-0.25, -0.2) is 0 Å². The summed E-state index contributed by atoms with van der Waals surface area (Å²) in [5.74, 6) is 0. The van der Waals surface area contributed by atoms with Crippen molar-refractivity contribution in [2.24, 2.45) is 5.10 Å². The Morgan fingerprint density at radius 2 is 1.12 bits per heavy atom. The molecule has 0 unspecified atom stereocenters. The molecule has 0 heterocycles. The zero-order valence-electron chi connectivity index (χ0n) is 18.2. The summed E-state index contributed by atoms with van der Waals surface area (Å²) in [4.78, 5) is 2.58. The van der Waals surface area contributed by atoms with Gasteiger partial charge in [-0.15, -0.1) is 0 Å². The molecule has 0 amide bonds. The Morgan fingerprint density at radius 1 is 0.667 bits per heavy atom. The van der Waals surface area contributed by atoms with E-state index in [4.69, 9.17) is 0 Å². The molecule has 4 rings (SSSR count). The third kappa shape index (κ3) is 5.64. The molecular weight excluding hydrogens is 428 g/mol. The van der Waals surface area contributed by atoms with Gasteiger partial charge in [-0.05, 0) is 41.8 Å². The third-order valence-corrected chi connectivity index (χ3v) is 6.36. The predicted octanol–water partition coefficient (Wildman–Crippen LogP) is 5.81. The van der Waals surface area contributed by atoms with E-state index in [0.29, 0.717) is 5.71 Å². The summed E-state index contributed by atoms with van der Waals surface area (Å²) in [6, 6.07) is 36.1. The van der Waals surface area contributed by atoms with Crippen LogP contribution in [0.1, 0.15) is 22.3 Å². The van der Waals surface area contributed by atoms with Crippen LogP contribution in [0.5, 0.6) is 0 Å². The van der Waals surface area contributed by atoms with Crippen molar-refractivity contribution in [2.75, 3.05) is 0 Å². The molecule has 33 heavy (non-hydrogen) atoms. The Bertz CT molecular complexity index is 1320. The lowest BCUT2D eigenvalue weighted by atomic mass is 9.95. The molecule has 4 aromatic carbocycles. The van der Waals surface area contributed by atoms with E-state index in [1.807, 2.05) is 104 Å². The number of rotatable bonds is 7. The Labute approximate surface area is 195 Å². The minimum atomic E-state index is -3.81. The second kappa shape index (κ2) is 10.1. The smallest absolute Gasteiger partial charge is 0.200 e. The van der Waals surface area contributed by atoms with E-state index >= 15 is 0 Å². The highest BCUT2D eigenvalue weighted by molar-refractivity contribution is 7.89. The zero-order chi connectivity index (χ0) is 23.1. The van der Waals surface area contributed by atoms with Gasteiger partial charge < -0.3 is 0 Å². The summed E-state index contributed by atoms with van der Waals surface area (Å²) in [5.41, 5.74) is 5.25. The normalized spacial score (nSPS) is 11.6. The Hall–Kier alpha value is -3.96. The first kappa shape index (κ1) is 22.2. The number of hydrogen-bond acceptors (Lipinski definition) is 3. The van der Waals surface area contributed by atoms with E-state index in [0.717, 1.165) is 27.8 Å². The van der Waals surface area contributed by atoms with Gasteiger partial charge in [0.25, 0.3) is 10.0 Å². The van der Waals surface area contributed by atoms with Crippen molar-refractivity contribution in [3.8, 4) is 0 Å². The van der Waals surface area contributed by atoms with Crippen LogP contribution in [0.25, 0.3) is 5.57 Å². The molecule has 0 aliphatic heterocycles. The van der Waals surface area contributed by atoms with Crippen molar-refractivity contribution in [1.82, 2.24) is 4.83 Å². The van der Waals surface area contributed by atoms with Gasteiger partial charge in [0.05, 0.1) is 10.6 Å². The Balaban J connectivity index is 1.81. The minimum Gasteiger partial charge on any atom is -0.200 e. The second-order valence-electron chi connectivity index (χ2n) is 7.56. The fourth-order valence-corrected chi connectivity index (χ4v) is 4.19. The average Bonchev–Trinajstić information content (AvgIpc) is 2.86. The quantitative estimate of drug-likeness (QED) is 0.284. The van der Waals surface area contributed by atoms with Gasteiger partial charge >= 0.3 is 0 Å². The maximum absolute atomic E-state index is 12.9. The van der Waals surface area contributed by atoms with Gasteiger partial charge in [0, 0.05) is 5.56 Å². The van der Waals surface area contributed by atoms with E-state index in [-0.39, 0.29) is 4.90 Å². The molecule has 4 aromatic rings. The number of aryl methyl sites for hydroxylation is 1. The maximum atomic E-state index is 12.9. The van der Waals surface area contributed by atoms with Crippen LogP contribution in [0.4, 0.5) is 0 Å². The van der Waals surface area contributed by atoms with Crippen LogP contribution in [0.15, 0.2) is 131 Å². The topological polar surface area (TPSA) is 58.5 Å². The largest absolute Gasteiger partial charge is 0.276 e. The molecule has 0 radical (unpaired) electrons. The fraction of sp³-hybridized carbons (Fsp3) is 0.0357. The van der Waals surface area contributed by atoms with E-state index in [9.17, 15) is 8.42 Å². The lowest BCUT2D eigenvalue weighted by Gasteiger charge is -2.11. The molecule has 1 N–H and O–H groups in total. The maximum Gasteiger partial charge on any atom is 0.276 e. The monoisotopic (exact) mass is 452 g/mol. The summed E-state index contributed by atoms with van der Waals surface area (Å²) in [6.45, 7) is 1.91. The SMILES string of the molecule is Cc1ccc(S(=O)(=O)N/N=C(\C=C(c2ccccc2)c2ccccc2)c2ccccc2)cc1. The Morgan fingerprint density at radius 3 is 1.61 bits per heavy atom. The van der Waals surface area contributed by atoms with E-state index in [2.05, 4.69) is 9.93 Å². The van der Waals surface area contributed by atoms with Gasteiger partial charge in [0.1, 0.15) is 0 Å². The predicted molar refractivity (Wildman–Crippen MR) is 134 cm³/mol. The minimum absolute atomic E-state index is 0.166. The zero-order valence-corrected chi connectivity index (χ0v) is 19.0. The summed E-state index contributed by atoms with van der Waals surface area (Å²) in [6.07, 6.45) is 1.91. The number of nitrogens with one attached hydrogen (secondary N) is 1. The van der Waals surface area contributed by atoms with Crippen molar-refractivity contribution in [3.63, 3.8) is 0 Å². The molecule has 4 nitrogen and oxygen atoms in total.